The summed E-state index contributed by atoms with van der Waals surface area (Å²) in [5, 5.41) is 2.67. The predicted molar refractivity (Wildman–Crippen MR) is 57.0 cm³/mol. The van der Waals surface area contributed by atoms with Gasteiger partial charge in [0.1, 0.15) is 12.3 Å². The largest absolute Gasteiger partial charge is 0.456 e. The van der Waals surface area contributed by atoms with E-state index in [1.807, 2.05) is 6.92 Å². The summed E-state index contributed by atoms with van der Waals surface area (Å²) in [5.41, 5.74) is 0. The number of nitrogens with one attached hydrogen (secondary N) is 1. The van der Waals surface area contributed by atoms with Crippen molar-refractivity contribution in [1.29, 1.82) is 0 Å². The Labute approximate surface area is 93.4 Å². The van der Waals surface area contributed by atoms with E-state index in [0.717, 1.165) is 12.2 Å². The smallest absolute Gasteiger partial charge is 0.290 e. The lowest BCUT2D eigenvalue weighted by Gasteiger charge is -2.25. The number of nitrogens with zero attached hydrogens (tertiary/aromatic N) is 1. The van der Waals surface area contributed by atoms with Gasteiger partial charge in [-0.3, -0.25) is 9.59 Å². The topological polar surface area (TPSA) is 62.6 Å². The molecule has 2 rings (SSSR count). The third-order valence-electron chi connectivity index (χ3n) is 2.55. The second-order valence-electron chi connectivity index (χ2n) is 3.70. The Morgan fingerprint density at radius 3 is 3.00 bits per heavy atom. The van der Waals surface area contributed by atoms with E-state index in [4.69, 9.17) is 4.42 Å². The quantitative estimate of drug-likeness (QED) is 0.788. The minimum absolute atomic E-state index is 0.112. The summed E-state index contributed by atoms with van der Waals surface area (Å²) in [4.78, 5) is 24.6. The molecule has 86 valence electrons. The van der Waals surface area contributed by atoms with Gasteiger partial charge in [-0.1, -0.05) is 6.92 Å². The zero-order valence-electron chi connectivity index (χ0n) is 9.16. The molecular weight excluding hydrogens is 208 g/mol. The van der Waals surface area contributed by atoms with Crippen molar-refractivity contribution in [1.82, 2.24) is 10.2 Å². The molecule has 0 bridgehead atoms. The van der Waals surface area contributed by atoms with Crippen LogP contribution in [0.1, 0.15) is 23.2 Å². The lowest BCUT2D eigenvalue weighted by Crippen LogP contribution is -2.49. The zero-order valence-corrected chi connectivity index (χ0v) is 9.16. The van der Waals surface area contributed by atoms with Gasteiger partial charge in [-0.05, 0) is 12.1 Å². The highest BCUT2D eigenvalue weighted by atomic mass is 16.4. The van der Waals surface area contributed by atoms with Gasteiger partial charge in [-0.25, -0.2) is 0 Å². The van der Waals surface area contributed by atoms with Crippen molar-refractivity contribution in [3.8, 4) is 0 Å². The van der Waals surface area contributed by atoms with E-state index in [0.29, 0.717) is 18.8 Å². The first-order chi connectivity index (χ1) is 7.70. The summed E-state index contributed by atoms with van der Waals surface area (Å²) in [6, 6.07) is 3.45. The monoisotopic (exact) mass is 222 g/mol. The van der Waals surface area contributed by atoms with Gasteiger partial charge in [-0.15, -0.1) is 0 Å². The van der Waals surface area contributed by atoms with Crippen LogP contribution in [0.4, 0.5) is 0 Å². The molecular formula is C11H14N2O3. The van der Waals surface area contributed by atoms with E-state index < -0.39 is 0 Å². The molecule has 5 nitrogen and oxygen atoms in total. The van der Waals surface area contributed by atoms with Crippen LogP contribution in [-0.2, 0) is 11.2 Å². The van der Waals surface area contributed by atoms with Crippen LogP contribution >= 0.6 is 0 Å². The normalized spacial score (nSPS) is 16.1. The summed E-state index contributed by atoms with van der Waals surface area (Å²) in [6.45, 7) is 3.11. The maximum atomic E-state index is 11.9. The van der Waals surface area contributed by atoms with Gasteiger partial charge in [0.25, 0.3) is 5.91 Å². The number of rotatable bonds is 2. The summed E-state index contributed by atoms with van der Waals surface area (Å²) in [6.07, 6.45) is 0.758. The van der Waals surface area contributed by atoms with Gasteiger partial charge in [0.15, 0.2) is 5.76 Å². The maximum absolute atomic E-state index is 11.9. The Bertz CT molecular complexity index is 411. The zero-order chi connectivity index (χ0) is 11.5. The molecule has 1 saturated heterocycles. The number of piperazine rings is 1. The Hall–Kier alpha value is -1.78. The van der Waals surface area contributed by atoms with Crippen LogP contribution in [0, 0.1) is 0 Å². The maximum Gasteiger partial charge on any atom is 0.290 e. The second kappa shape index (κ2) is 4.38. The Morgan fingerprint density at radius 1 is 1.56 bits per heavy atom. The average molecular weight is 222 g/mol. The second-order valence-corrected chi connectivity index (χ2v) is 3.70. The van der Waals surface area contributed by atoms with Gasteiger partial charge in [0, 0.05) is 19.5 Å². The Kier molecular flexibility index (Phi) is 2.94. The van der Waals surface area contributed by atoms with E-state index in [9.17, 15) is 9.59 Å². The van der Waals surface area contributed by atoms with E-state index in [-0.39, 0.29) is 18.4 Å². The number of hydrogen-bond donors (Lipinski definition) is 1. The molecule has 0 atom stereocenters. The van der Waals surface area contributed by atoms with E-state index >= 15 is 0 Å². The SMILES string of the molecule is CCc1ccc(C(=O)N2CCNC(=O)C2)o1. The molecule has 2 heterocycles. The molecule has 0 radical (unpaired) electrons. The van der Waals surface area contributed by atoms with Crippen molar-refractivity contribution in [3.63, 3.8) is 0 Å². The molecule has 1 aromatic heterocycles. The predicted octanol–water partition coefficient (Wildman–Crippen LogP) is 0.414. The number of hydrogen-bond acceptors (Lipinski definition) is 3. The molecule has 0 spiro atoms. The molecule has 1 N–H and O–H groups in total. The van der Waals surface area contributed by atoms with Crippen LogP contribution in [0.25, 0.3) is 0 Å². The molecule has 1 fully saturated rings. The third-order valence-corrected chi connectivity index (χ3v) is 2.55. The van der Waals surface area contributed by atoms with Crippen LogP contribution in [0.15, 0.2) is 16.5 Å². The van der Waals surface area contributed by atoms with E-state index in [1.54, 1.807) is 12.1 Å². The van der Waals surface area contributed by atoms with Crippen molar-refractivity contribution >= 4 is 11.8 Å². The number of aryl methyl sites for hydroxylation is 1. The van der Waals surface area contributed by atoms with Gasteiger partial charge in [-0.2, -0.15) is 0 Å². The minimum Gasteiger partial charge on any atom is -0.456 e. The van der Waals surface area contributed by atoms with E-state index in [1.165, 1.54) is 4.90 Å². The van der Waals surface area contributed by atoms with Crippen molar-refractivity contribution < 1.29 is 14.0 Å². The highest BCUT2D eigenvalue weighted by Crippen LogP contribution is 2.11. The molecule has 5 heteroatoms. The lowest BCUT2D eigenvalue weighted by molar-refractivity contribution is -0.123. The van der Waals surface area contributed by atoms with Gasteiger partial charge in [0.05, 0.1) is 0 Å². The molecule has 1 aliphatic rings. The average Bonchev–Trinajstić information content (AvgIpc) is 2.76. The molecule has 0 unspecified atom stereocenters. The van der Waals surface area contributed by atoms with Crippen molar-refractivity contribution in [2.45, 2.75) is 13.3 Å². The molecule has 0 aromatic carbocycles. The fourth-order valence-corrected chi connectivity index (χ4v) is 1.65. The molecule has 1 aliphatic heterocycles. The summed E-state index contributed by atoms with van der Waals surface area (Å²) in [7, 11) is 0. The number of amides is 2. The summed E-state index contributed by atoms with van der Waals surface area (Å²) >= 11 is 0. The van der Waals surface area contributed by atoms with Crippen molar-refractivity contribution in [3.05, 3.63) is 23.7 Å². The van der Waals surface area contributed by atoms with Crippen LogP contribution < -0.4 is 5.32 Å². The molecule has 2 amide bonds. The molecule has 0 aliphatic carbocycles. The Balaban J connectivity index is 2.09. The minimum atomic E-state index is -0.213. The van der Waals surface area contributed by atoms with Crippen LogP contribution in [0.2, 0.25) is 0 Å². The molecule has 1 aromatic rings. The summed E-state index contributed by atoms with van der Waals surface area (Å²) in [5.74, 6) is 0.757. The standard InChI is InChI=1S/C11H14N2O3/c1-2-8-3-4-9(16-8)11(15)13-6-5-12-10(14)7-13/h3-4H,2,5-7H2,1H3,(H,12,14). The first-order valence-electron chi connectivity index (χ1n) is 5.35. The number of carbonyl (C=O) groups is 2. The van der Waals surface area contributed by atoms with Crippen LogP contribution in [0.5, 0.6) is 0 Å². The van der Waals surface area contributed by atoms with E-state index in [2.05, 4.69) is 5.32 Å². The fourth-order valence-electron chi connectivity index (χ4n) is 1.65. The van der Waals surface area contributed by atoms with Crippen molar-refractivity contribution in [2.75, 3.05) is 19.6 Å². The molecule has 0 saturated carbocycles. The third kappa shape index (κ3) is 2.08. The van der Waals surface area contributed by atoms with Gasteiger partial charge >= 0.3 is 0 Å². The number of furan rings is 1. The van der Waals surface area contributed by atoms with Crippen molar-refractivity contribution in [2.24, 2.45) is 0 Å². The lowest BCUT2D eigenvalue weighted by atomic mass is 10.3. The van der Waals surface area contributed by atoms with Crippen LogP contribution in [-0.4, -0.2) is 36.3 Å². The fraction of sp³-hybridized carbons (Fsp3) is 0.455. The van der Waals surface area contributed by atoms with Crippen LogP contribution in [0.3, 0.4) is 0 Å². The number of carbonyl (C=O) groups excluding carboxylic acids is 2. The highest BCUT2D eigenvalue weighted by molar-refractivity contribution is 5.94. The highest BCUT2D eigenvalue weighted by Gasteiger charge is 2.24. The first-order valence-corrected chi connectivity index (χ1v) is 5.35. The van der Waals surface area contributed by atoms with Gasteiger partial charge < -0.3 is 14.6 Å². The first kappa shape index (κ1) is 10.7. The summed E-state index contributed by atoms with van der Waals surface area (Å²) < 4.78 is 5.36. The van der Waals surface area contributed by atoms with Gasteiger partial charge in [0.2, 0.25) is 5.91 Å². The Morgan fingerprint density at radius 2 is 2.38 bits per heavy atom. The molecule has 16 heavy (non-hydrogen) atoms.